The molecule has 0 aliphatic heterocycles. The van der Waals surface area contributed by atoms with Crippen molar-refractivity contribution in [1.29, 1.82) is 0 Å². The van der Waals surface area contributed by atoms with Crippen LogP contribution in [0.2, 0.25) is 5.15 Å². The van der Waals surface area contributed by atoms with E-state index >= 15 is 0 Å². The van der Waals surface area contributed by atoms with E-state index in [0.717, 1.165) is 30.2 Å². The fourth-order valence-electron chi connectivity index (χ4n) is 1.99. The van der Waals surface area contributed by atoms with Crippen molar-refractivity contribution in [2.24, 2.45) is 0 Å². The molecule has 102 valence electrons. The molecule has 0 radical (unpaired) electrons. The molecule has 0 fully saturated rings. The van der Waals surface area contributed by atoms with Crippen molar-refractivity contribution in [3.8, 4) is 0 Å². The largest absolute Gasteiger partial charge is 0.254 e. The molecule has 0 bridgehead atoms. The highest BCUT2D eigenvalue weighted by atomic mass is 35.5. The smallest absolute Gasteiger partial charge is 0.127 e. The van der Waals surface area contributed by atoms with Crippen LogP contribution in [-0.2, 0) is 18.4 Å². The summed E-state index contributed by atoms with van der Waals surface area (Å²) in [5, 5.41) is 5.33. The Morgan fingerprint density at radius 1 is 1.16 bits per heavy atom. The van der Waals surface area contributed by atoms with Crippen LogP contribution in [0, 0.1) is 0 Å². The van der Waals surface area contributed by atoms with E-state index in [0.29, 0.717) is 0 Å². The van der Waals surface area contributed by atoms with Crippen LogP contribution in [0.5, 0.6) is 0 Å². The van der Waals surface area contributed by atoms with Gasteiger partial charge in [-0.05, 0) is 24.5 Å². The first-order chi connectivity index (χ1) is 8.97. The Morgan fingerprint density at radius 2 is 1.84 bits per heavy atom. The first kappa shape index (κ1) is 14.1. The van der Waals surface area contributed by atoms with Crippen LogP contribution in [-0.4, -0.2) is 9.78 Å². The van der Waals surface area contributed by atoms with Gasteiger partial charge in [0.05, 0.1) is 5.69 Å². The van der Waals surface area contributed by atoms with E-state index in [9.17, 15) is 0 Å². The molecule has 0 saturated heterocycles. The van der Waals surface area contributed by atoms with E-state index in [1.807, 2.05) is 16.8 Å². The number of hydrogen-bond donors (Lipinski definition) is 0. The number of nitrogens with zero attached hydrogens (tertiary/aromatic N) is 2. The molecule has 0 spiro atoms. The Hall–Kier alpha value is -1.28. The normalized spacial score (nSPS) is 11.8. The minimum absolute atomic E-state index is 0.0499. The quantitative estimate of drug-likeness (QED) is 0.806. The second-order valence-corrected chi connectivity index (χ2v) is 6.30. The molecule has 2 aromatic rings. The van der Waals surface area contributed by atoms with E-state index < -0.39 is 0 Å². The Labute approximate surface area is 120 Å². The summed E-state index contributed by atoms with van der Waals surface area (Å²) >= 11 is 6.23. The predicted molar refractivity (Wildman–Crippen MR) is 80.7 cm³/mol. The SMILES string of the molecule is CC(C)(C)c1cc(Cl)n(CCCc2ccccc2)n1. The first-order valence-electron chi connectivity index (χ1n) is 6.74. The molecule has 0 amide bonds. The van der Waals surface area contributed by atoms with Gasteiger partial charge in [0.1, 0.15) is 5.15 Å². The van der Waals surface area contributed by atoms with Gasteiger partial charge in [0.15, 0.2) is 0 Å². The molecule has 0 unspecified atom stereocenters. The Morgan fingerprint density at radius 3 is 2.42 bits per heavy atom. The van der Waals surface area contributed by atoms with Crippen molar-refractivity contribution in [2.45, 2.75) is 45.6 Å². The van der Waals surface area contributed by atoms with Crippen LogP contribution >= 0.6 is 11.6 Å². The van der Waals surface area contributed by atoms with Gasteiger partial charge >= 0.3 is 0 Å². The molecule has 1 aromatic carbocycles. The third-order valence-electron chi connectivity index (χ3n) is 3.18. The molecule has 19 heavy (non-hydrogen) atoms. The standard InChI is InChI=1S/C16H21ClN2/c1-16(2,3)14-12-15(17)19(18-14)11-7-10-13-8-5-4-6-9-13/h4-6,8-9,12H,7,10-11H2,1-3H3. The van der Waals surface area contributed by atoms with Gasteiger partial charge in [0.2, 0.25) is 0 Å². The molecule has 1 heterocycles. The summed E-state index contributed by atoms with van der Waals surface area (Å²) in [6, 6.07) is 12.5. The topological polar surface area (TPSA) is 17.8 Å². The molecular formula is C16H21ClN2. The van der Waals surface area contributed by atoms with Crippen LogP contribution < -0.4 is 0 Å². The summed E-state index contributed by atoms with van der Waals surface area (Å²) in [7, 11) is 0. The van der Waals surface area contributed by atoms with E-state index in [1.54, 1.807) is 0 Å². The van der Waals surface area contributed by atoms with Gasteiger partial charge in [-0.3, -0.25) is 4.68 Å². The number of halogens is 1. The highest BCUT2D eigenvalue weighted by Crippen LogP contribution is 2.24. The summed E-state index contributed by atoms with van der Waals surface area (Å²) in [4.78, 5) is 0. The maximum atomic E-state index is 6.23. The minimum atomic E-state index is 0.0499. The third-order valence-corrected chi connectivity index (χ3v) is 3.48. The molecule has 0 aliphatic carbocycles. The van der Waals surface area contributed by atoms with Crippen molar-refractivity contribution >= 4 is 11.6 Å². The van der Waals surface area contributed by atoms with Crippen LogP contribution in [0.3, 0.4) is 0 Å². The zero-order chi connectivity index (χ0) is 13.9. The maximum absolute atomic E-state index is 6.23. The molecule has 2 nitrogen and oxygen atoms in total. The fourth-order valence-corrected chi connectivity index (χ4v) is 2.22. The van der Waals surface area contributed by atoms with Gasteiger partial charge in [-0.15, -0.1) is 0 Å². The van der Waals surface area contributed by atoms with Gasteiger partial charge in [-0.1, -0.05) is 62.7 Å². The molecule has 0 N–H and O–H groups in total. The molecule has 2 rings (SSSR count). The summed E-state index contributed by atoms with van der Waals surface area (Å²) in [5.74, 6) is 0. The third kappa shape index (κ3) is 3.84. The van der Waals surface area contributed by atoms with Crippen LogP contribution in [0.1, 0.15) is 38.4 Å². The lowest BCUT2D eigenvalue weighted by Gasteiger charge is -2.14. The van der Waals surface area contributed by atoms with E-state index in [2.05, 4.69) is 50.1 Å². The minimum Gasteiger partial charge on any atom is -0.254 e. The van der Waals surface area contributed by atoms with Crippen LogP contribution in [0.15, 0.2) is 36.4 Å². The van der Waals surface area contributed by atoms with Gasteiger partial charge in [0.25, 0.3) is 0 Å². The molecule has 1 aromatic heterocycles. The lowest BCUT2D eigenvalue weighted by Crippen LogP contribution is -2.13. The summed E-state index contributed by atoms with van der Waals surface area (Å²) in [5.41, 5.74) is 2.47. The highest BCUT2D eigenvalue weighted by Gasteiger charge is 2.18. The lowest BCUT2D eigenvalue weighted by atomic mass is 9.93. The molecule has 0 saturated carbocycles. The zero-order valence-corrected chi connectivity index (χ0v) is 12.6. The molecule has 0 atom stereocenters. The van der Waals surface area contributed by atoms with Crippen molar-refractivity contribution in [2.75, 3.05) is 0 Å². The number of rotatable bonds is 4. The van der Waals surface area contributed by atoms with E-state index in [4.69, 9.17) is 11.6 Å². The summed E-state index contributed by atoms with van der Waals surface area (Å²) < 4.78 is 1.91. The van der Waals surface area contributed by atoms with Crippen molar-refractivity contribution < 1.29 is 0 Å². The number of aromatic nitrogens is 2. The Balaban J connectivity index is 1.95. The Bertz CT molecular complexity index is 523. The second-order valence-electron chi connectivity index (χ2n) is 5.91. The lowest BCUT2D eigenvalue weighted by molar-refractivity contribution is 0.522. The second kappa shape index (κ2) is 5.79. The Kier molecular flexibility index (Phi) is 4.31. The fraction of sp³-hybridized carbons (Fsp3) is 0.438. The molecule has 0 aliphatic rings. The van der Waals surface area contributed by atoms with Gasteiger partial charge in [-0.2, -0.15) is 5.10 Å². The number of benzene rings is 1. The predicted octanol–water partition coefficient (Wildman–Crippen LogP) is 4.47. The van der Waals surface area contributed by atoms with E-state index in [-0.39, 0.29) is 5.41 Å². The number of aryl methyl sites for hydroxylation is 2. The van der Waals surface area contributed by atoms with Gasteiger partial charge < -0.3 is 0 Å². The van der Waals surface area contributed by atoms with Crippen molar-refractivity contribution in [3.63, 3.8) is 0 Å². The van der Waals surface area contributed by atoms with Crippen LogP contribution in [0.25, 0.3) is 0 Å². The summed E-state index contributed by atoms with van der Waals surface area (Å²) in [6.07, 6.45) is 2.11. The van der Waals surface area contributed by atoms with E-state index in [1.165, 1.54) is 5.56 Å². The summed E-state index contributed by atoms with van der Waals surface area (Å²) in [6.45, 7) is 7.32. The van der Waals surface area contributed by atoms with Crippen molar-refractivity contribution in [3.05, 3.63) is 52.8 Å². The monoisotopic (exact) mass is 276 g/mol. The molecular weight excluding hydrogens is 256 g/mol. The average Bonchev–Trinajstić information content (AvgIpc) is 2.72. The van der Waals surface area contributed by atoms with Gasteiger partial charge in [-0.25, -0.2) is 0 Å². The zero-order valence-electron chi connectivity index (χ0n) is 11.9. The van der Waals surface area contributed by atoms with Crippen LogP contribution in [0.4, 0.5) is 0 Å². The van der Waals surface area contributed by atoms with Gasteiger partial charge in [0, 0.05) is 12.0 Å². The first-order valence-corrected chi connectivity index (χ1v) is 7.12. The average molecular weight is 277 g/mol. The number of hydrogen-bond acceptors (Lipinski definition) is 1. The molecule has 3 heteroatoms. The maximum Gasteiger partial charge on any atom is 0.127 e. The highest BCUT2D eigenvalue weighted by molar-refractivity contribution is 6.29. The van der Waals surface area contributed by atoms with Crippen molar-refractivity contribution in [1.82, 2.24) is 9.78 Å².